The van der Waals surface area contributed by atoms with Crippen LogP contribution < -0.4 is 14.8 Å². The number of hydrogen-bond donors (Lipinski definition) is 1. The van der Waals surface area contributed by atoms with E-state index in [1.54, 1.807) is 0 Å². The van der Waals surface area contributed by atoms with Crippen molar-refractivity contribution in [3.05, 3.63) is 59.7 Å². The van der Waals surface area contributed by atoms with Crippen LogP contribution in [-0.4, -0.2) is 25.7 Å². The quantitative estimate of drug-likeness (QED) is 0.714. The van der Waals surface area contributed by atoms with Crippen molar-refractivity contribution in [1.29, 1.82) is 5.26 Å². The first-order valence-corrected chi connectivity index (χ1v) is 8.22. The Kier molecular flexibility index (Phi) is 7.33. The van der Waals surface area contributed by atoms with Gasteiger partial charge in [-0.05, 0) is 43.2 Å². The van der Waals surface area contributed by atoms with E-state index in [0.717, 1.165) is 17.1 Å². The smallest absolute Gasteiger partial charge is 0.234 e. The zero-order valence-corrected chi connectivity index (χ0v) is 14.3. The van der Waals surface area contributed by atoms with Crippen LogP contribution >= 0.6 is 0 Å². The maximum Gasteiger partial charge on any atom is 0.234 e. The molecule has 0 heterocycles. The summed E-state index contributed by atoms with van der Waals surface area (Å²) in [6.45, 7) is 3.51. The molecule has 1 N–H and O–H groups in total. The van der Waals surface area contributed by atoms with Gasteiger partial charge in [0, 0.05) is 6.54 Å². The molecule has 2 rings (SSSR count). The molecule has 0 unspecified atom stereocenters. The number of rotatable bonds is 9. The van der Waals surface area contributed by atoms with E-state index in [2.05, 4.69) is 5.32 Å². The number of carbonyl (C=O) groups is 1. The summed E-state index contributed by atoms with van der Waals surface area (Å²) < 4.78 is 11.3. The second kappa shape index (κ2) is 9.99. The maximum atomic E-state index is 11.2. The first-order chi connectivity index (χ1) is 12.2. The molecule has 0 aliphatic carbocycles. The van der Waals surface area contributed by atoms with Gasteiger partial charge in [-0.1, -0.05) is 29.8 Å². The van der Waals surface area contributed by atoms with Crippen LogP contribution in [0.1, 0.15) is 17.5 Å². The summed E-state index contributed by atoms with van der Waals surface area (Å²) in [4.78, 5) is 11.2. The summed E-state index contributed by atoms with van der Waals surface area (Å²) in [5.41, 5.74) is 2.30. The molecular weight excluding hydrogens is 316 g/mol. The first-order valence-electron chi connectivity index (χ1n) is 8.22. The average Bonchev–Trinajstić information content (AvgIpc) is 2.62. The van der Waals surface area contributed by atoms with Crippen LogP contribution in [-0.2, 0) is 11.2 Å². The van der Waals surface area contributed by atoms with Gasteiger partial charge in [0.25, 0.3) is 0 Å². The number of ether oxygens (including phenoxy) is 2. The third kappa shape index (κ3) is 6.96. The van der Waals surface area contributed by atoms with Gasteiger partial charge in [-0.25, -0.2) is 0 Å². The van der Waals surface area contributed by atoms with Gasteiger partial charge >= 0.3 is 0 Å². The predicted molar refractivity (Wildman–Crippen MR) is 95.6 cm³/mol. The van der Waals surface area contributed by atoms with Crippen LogP contribution in [0.3, 0.4) is 0 Å². The molecule has 5 heteroatoms. The fourth-order valence-corrected chi connectivity index (χ4v) is 2.19. The summed E-state index contributed by atoms with van der Waals surface area (Å²) in [5.74, 6) is 1.38. The summed E-state index contributed by atoms with van der Waals surface area (Å²) >= 11 is 0. The molecule has 25 heavy (non-hydrogen) atoms. The molecule has 0 aliphatic rings. The first kappa shape index (κ1) is 18.3. The van der Waals surface area contributed by atoms with Crippen molar-refractivity contribution in [3.8, 4) is 17.6 Å². The van der Waals surface area contributed by atoms with Gasteiger partial charge in [0.05, 0.1) is 6.07 Å². The molecule has 2 aromatic carbocycles. The highest BCUT2D eigenvalue weighted by Gasteiger charge is 2.00. The molecule has 0 saturated heterocycles. The molecule has 0 atom stereocenters. The molecule has 0 fully saturated rings. The van der Waals surface area contributed by atoms with E-state index >= 15 is 0 Å². The highest BCUT2D eigenvalue weighted by atomic mass is 16.5. The number of carbonyl (C=O) groups excluding carboxylic acids is 1. The van der Waals surface area contributed by atoms with E-state index < -0.39 is 0 Å². The van der Waals surface area contributed by atoms with E-state index in [0.29, 0.717) is 26.2 Å². The van der Waals surface area contributed by atoms with Crippen LogP contribution in [0.15, 0.2) is 48.5 Å². The van der Waals surface area contributed by atoms with Gasteiger partial charge < -0.3 is 14.8 Å². The van der Waals surface area contributed by atoms with Crippen molar-refractivity contribution in [3.63, 3.8) is 0 Å². The van der Waals surface area contributed by atoms with Gasteiger partial charge in [-0.3, -0.25) is 4.79 Å². The Bertz CT molecular complexity index is 703. The van der Waals surface area contributed by atoms with Crippen molar-refractivity contribution in [1.82, 2.24) is 5.32 Å². The van der Waals surface area contributed by atoms with Crippen molar-refractivity contribution in [2.24, 2.45) is 0 Å². The molecule has 1 amide bonds. The minimum atomic E-state index is -0.240. The molecule has 0 aromatic heterocycles. The van der Waals surface area contributed by atoms with Gasteiger partial charge in [0.2, 0.25) is 5.91 Å². The molecule has 2 aromatic rings. The monoisotopic (exact) mass is 338 g/mol. The molecular formula is C20H22N2O3. The second-order valence-corrected chi connectivity index (χ2v) is 5.59. The van der Waals surface area contributed by atoms with Crippen LogP contribution in [0.4, 0.5) is 0 Å². The van der Waals surface area contributed by atoms with Crippen molar-refractivity contribution >= 4 is 5.91 Å². The number of nitriles is 1. The highest BCUT2D eigenvalue weighted by molar-refractivity contribution is 5.77. The number of aryl methyl sites for hydroxylation is 1. The number of benzene rings is 2. The standard InChI is InChI=1S/C20H22N2O3/c1-16-2-6-18(7-3-16)24-14-15-25-19-8-4-17(5-9-19)11-13-22-20(23)10-12-21/h2-9H,10-11,13-15H2,1H3,(H,22,23). The molecule has 0 aliphatic heterocycles. The van der Waals surface area contributed by atoms with Crippen LogP contribution in [0.25, 0.3) is 0 Å². The molecule has 0 saturated carbocycles. The van der Waals surface area contributed by atoms with E-state index in [4.69, 9.17) is 14.7 Å². The lowest BCUT2D eigenvalue weighted by Gasteiger charge is -2.09. The van der Waals surface area contributed by atoms with Crippen molar-refractivity contribution in [2.45, 2.75) is 19.8 Å². The van der Waals surface area contributed by atoms with Gasteiger partial charge in [0.15, 0.2) is 0 Å². The lowest BCUT2D eigenvalue weighted by atomic mass is 10.1. The minimum absolute atomic E-state index is 0.0998. The molecule has 0 spiro atoms. The Morgan fingerprint density at radius 2 is 1.56 bits per heavy atom. The number of amides is 1. The zero-order chi connectivity index (χ0) is 17.9. The lowest BCUT2D eigenvalue weighted by Crippen LogP contribution is -2.24. The Balaban J connectivity index is 1.65. The van der Waals surface area contributed by atoms with Gasteiger partial charge in [0.1, 0.15) is 31.1 Å². The Hall–Kier alpha value is -3.00. The topological polar surface area (TPSA) is 71.3 Å². The Morgan fingerprint density at radius 1 is 1.00 bits per heavy atom. The highest BCUT2D eigenvalue weighted by Crippen LogP contribution is 2.14. The number of nitrogens with zero attached hydrogens (tertiary/aromatic N) is 1. The fraction of sp³-hybridized carbons (Fsp3) is 0.300. The number of hydrogen-bond acceptors (Lipinski definition) is 4. The molecule has 0 bridgehead atoms. The summed E-state index contributed by atoms with van der Waals surface area (Å²) in [7, 11) is 0. The Morgan fingerprint density at radius 3 is 2.12 bits per heavy atom. The van der Waals surface area contributed by atoms with E-state index in [1.165, 1.54) is 5.56 Å². The van der Waals surface area contributed by atoms with E-state index in [1.807, 2.05) is 61.5 Å². The van der Waals surface area contributed by atoms with Gasteiger partial charge in [-0.15, -0.1) is 0 Å². The number of nitrogens with one attached hydrogen (secondary N) is 1. The van der Waals surface area contributed by atoms with E-state index in [9.17, 15) is 4.79 Å². The fourth-order valence-electron chi connectivity index (χ4n) is 2.19. The van der Waals surface area contributed by atoms with Crippen molar-refractivity contribution < 1.29 is 14.3 Å². The van der Waals surface area contributed by atoms with Crippen LogP contribution in [0, 0.1) is 18.3 Å². The summed E-state index contributed by atoms with van der Waals surface area (Å²) in [6, 6.07) is 17.5. The van der Waals surface area contributed by atoms with Crippen molar-refractivity contribution in [2.75, 3.05) is 19.8 Å². The second-order valence-electron chi connectivity index (χ2n) is 5.59. The SMILES string of the molecule is Cc1ccc(OCCOc2ccc(CCNC(=O)CC#N)cc2)cc1. The van der Waals surface area contributed by atoms with E-state index in [-0.39, 0.29) is 12.3 Å². The summed E-state index contributed by atoms with van der Waals surface area (Å²) in [6.07, 6.45) is 0.616. The van der Waals surface area contributed by atoms with Gasteiger partial charge in [-0.2, -0.15) is 5.26 Å². The zero-order valence-electron chi connectivity index (χ0n) is 14.3. The average molecular weight is 338 g/mol. The minimum Gasteiger partial charge on any atom is -0.490 e. The largest absolute Gasteiger partial charge is 0.490 e. The molecule has 5 nitrogen and oxygen atoms in total. The molecule has 0 radical (unpaired) electrons. The Labute approximate surface area is 148 Å². The maximum absolute atomic E-state index is 11.2. The summed E-state index contributed by atoms with van der Waals surface area (Å²) in [5, 5.41) is 11.1. The third-order valence-corrected chi connectivity index (χ3v) is 3.54. The van der Waals surface area contributed by atoms with Crippen LogP contribution in [0.2, 0.25) is 0 Å². The normalized spacial score (nSPS) is 9.92. The lowest BCUT2D eigenvalue weighted by molar-refractivity contribution is -0.120. The third-order valence-electron chi connectivity index (χ3n) is 3.54. The van der Waals surface area contributed by atoms with Crippen LogP contribution in [0.5, 0.6) is 11.5 Å². The predicted octanol–water partition coefficient (Wildman–Crippen LogP) is 3.03. The molecule has 130 valence electrons.